The molecule has 0 fully saturated rings. The molecule has 5 rings (SSSR count). The Bertz CT molecular complexity index is 1510. The summed E-state index contributed by atoms with van der Waals surface area (Å²) >= 11 is 7.42. The summed E-state index contributed by atoms with van der Waals surface area (Å²) in [5, 5.41) is 11.9. The second kappa shape index (κ2) is 8.36. The number of thiazole rings is 1. The van der Waals surface area contributed by atoms with Crippen LogP contribution in [0.2, 0.25) is 5.02 Å². The molecule has 1 amide bonds. The van der Waals surface area contributed by atoms with E-state index in [0.717, 1.165) is 10.3 Å². The highest BCUT2D eigenvalue weighted by molar-refractivity contribution is 7.22. The van der Waals surface area contributed by atoms with E-state index in [0.29, 0.717) is 27.0 Å². The average Bonchev–Trinajstić information content (AvgIpc) is 3.49. The van der Waals surface area contributed by atoms with Crippen LogP contribution in [0.4, 0.5) is 5.13 Å². The van der Waals surface area contributed by atoms with Gasteiger partial charge in [-0.15, -0.1) is 0 Å². The number of halogens is 1. The van der Waals surface area contributed by atoms with Crippen molar-refractivity contribution in [3.63, 3.8) is 0 Å². The second-order valence-corrected chi connectivity index (χ2v) is 11.0. The molecule has 0 spiro atoms. The zero-order chi connectivity index (χ0) is 25.1. The van der Waals surface area contributed by atoms with Crippen molar-refractivity contribution in [3.05, 3.63) is 93.6 Å². The third-order valence-corrected chi connectivity index (χ3v) is 7.31. The van der Waals surface area contributed by atoms with E-state index in [1.54, 1.807) is 37.3 Å². The van der Waals surface area contributed by atoms with E-state index in [-0.39, 0.29) is 16.7 Å². The number of Topliss-reactive ketones (excluding diaryl/α,β-unsaturated/α-hetero) is 1. The maximum atomic E-state index is 13.5. The lowest BCUT2D eigenvalue weighted by Crippen LogP contribution is -2.31. The first-order valence-electron chi connectivity index (χ1n) is 11.1. The Morgan fingerprint density at radius 3 is 2.46 bits per heavy atom. The van der Waals surface area contributed by atoms with E-state index in [2.05, 4.69) is 25.8 Å². The fourth-order valence-corrected chi connectivity index (χ4v) is 5.46. The number of rotatable bonds is 4. The number of furan rings is 1. The summed E-state index contributed by atoms with van der Waals surface area (Å²) in [4.78, 5) is 32.9. The Labute approximate surface area is 211 Å². The van der Waals surface area contributed by atoms with Crippen molar-refractivity contribution in [3.8, 4) is 0 Å². The van der Waals surface area contributed by atoms with Gasteiger partial charge in [-0.25, -0.2) is 4.98 Å². The van der Waals surface area contributed by atoms with Crippen LogP contribution in [-0.4, -0.2) is 21.8 Å². The number of nitrogens with zero attached hydrogens (tertiary/aromatic N) is 2. The molecule has 0 saturated heterocycles. The predicted octanol–water partition coefficient (Wildman–Crippen LogP) is 6.93. The van der Waals surface area contributed by atoms with Gasteiger partial charge in [0.2, 0.25) is 5.78 Å². The number of amides is 1. The first-order chi connectivity index (χ1) is 16.5. The van der Waals surface area contributed by atoms with Gasteiger partial charge in [-0.05, 0) is 53.8 Å². The Kier molecular flexibility index (Phi) is 5.57. The number of benzene rings is 2. The highest BCUT2D eigenvalue weighted by Gasteiger charge is 2.46. The molecule has 1 atom stereocenters. The van der Waals surface area contributed by atoms with Crippen molar-refractivity contribution >= 4 is 50.0 Å². The Morgan fingerprint density at radius 2 is 1.83 bits per heavy atom. The summed E-state index contributed by atoms with van der Waals surface area (Å²) in [7, 11) is 0. The second-order valence-electron chi connectivity index (χ2n) is 9.56. The van der Waals surface area contributed by atoms with Gasteiger partial charge in [0.05, 0.1) is 21.8 Å². The van der Waals surface area contributed by atoms with Crippen molar-refractivity contribution in [2.75, 3.05) is 4.90 Å². The van der Waals surface area contributed by atoms with Crippen LogP contribution in [0.5, 0.6) is 0 Å². The predicted molar refractivity (Wildman–Crippen MR) is 137 cm³/mol. The number of aliphatic hydroxyl groups excluding tert-OH is 1. The van der Waals surface area contributed by atoms with Gasteiger partial charge in [0.1, 0.15) is 5.76 Å². The molecule has 1 aliphatic rings. The number of hydrogen-bond donors (Lipinski definition) is 1. The molecule has 3 heterocycles. The summed E-state index contributed by atoms with van der Waals surface area (Å²) in [6, 6.07) is 15.3. The zero-order valence-electron chi connectivity index (χ0n) is 19.6. The Hall–Kier alpha value is -3.42. The molecule has 1 unspecified atom stereocenters. The molecule has 0 saturated carbocycles. The number of anilines is 1. The van der Waals surface area contributed by atoms with Crippen molar-refractivity contribution in [1.29, 1.82) is 0 Å². The zero-order valence-corrected chi connectivity index (χ0v) is 21.2. The van der Waals surface area contributed by atoms with Gasteiger partial charge < -0.3 is 9.52 Å². The van der Waals surface area contributed by atoms with Crippen LogP contribution in [0, 0.1) is 6.92 Å². The molecule has 0 radical (unpaired) electrons. The molecule has 2 aromatic heterocycles. The van der Waals surface area contributed by atoms with Crippen molar-refractivity contribution in [2.24, 2.45) is 0 Å². The van der Waals surface area contributed by atoms with Gasteiger partial charge in [-0.3, -0.25) is 14.5 Å². The van der Waals surface area contributed by atoms with E-state index in [1.165, 1.54) is 16.2 Å². The van der Waals surface area contributed by atoms with Crippen molar-refractivity contribution < 1.29 is 19.1 Å². The molecule has 35 heavy (non-hydrogen) atoms. The fraction of sp³-hybridized carbons (Fsp3) is 0.222. The maximum absolute atomic E-state index is 13.5. The van der Waals surface area contributed by atoms with Crippen LogP contribution in [0.15, 0.2) is 70.3 Å². The minimum Gasteiger partial charge on any atom is -0.503 e. The number of aromatic nitrogens is 1. The topological polar surface area (TPSA) is 83.6 Å². The quantitative estimate of drug-likeness (QED) is 0.303. The lowest BCUT2D eigenvalue weighted by atomic mass is 9.85. The van der Waals surface area contributed by atoms with Crippen molar-refractivity contribution in [2.45, 2.75) is 39.2 Å². The van der Waals surface area contributed by atoms with E-state index < -0.39 is 23.5 Å². The number of aliphatic hydroxyl groups is 1. The molecule has 1 aliphatic heterocycles. The summed E-state index contributed by atoms with van der Waals surface area (Å²) in [5.41, 5.74) is 2.35. The largest absolute Gasteiger partial charge is 0.503 e. The minimum atomic E-state index is -0.870. The molecule has 8 heteroatoms. The van der Waals surface area contributed by atoms with Crippen molar-refractivity contribution in [1.82, 2.24) is 4.98 Å². The molecule has 6 nitrogen and oxygen atoms in total. The molecule has 0 bridgehead atoms. The molecule has 1 N–H and O–H groups in total. The lowest BCUT2D eigenvalue weighted by molar-refractivity contribution is -0.117. The molecular formula is C27H23ClN2O4S. The lowest BCUT2D eigenvalue weighted by Gasteiger charge is -2.25. The number of carbonyl (C=O) groups excluding carboxylic acids is 2. The smallest absolute Gasteiger partial charge is 0.296 e. The molecule has 178 valence electrons. The van der Waals surface area contributed by atoms with Crippen LogP contribution in [-0.2, 0) is 10.2 Å². The van der Waals surface area contributed by atoms with Crippen LogP contribution in [0.3, 0.4) is 0 Å². The van der Waals surface area contributed by atoms with Crippen LogP contribution >= 0.6 is 22.9 Å². The summed E-state index contributed by atoms with van der Waals surface area (Å²) in [5.74, 6) is -1.21. The first kappa shape index (κ1) is 23.3. The van der Waals surface area contributed by atoms with E-state index in [9.17, 15) is 14.7 Å². The van der Waals surface area contributed by atoms with E-state index in [4.69, 9.17) is 16.0 Å². The fourth-order valence-electron chi connectivity index (χ4n) is 4.19. The van der Waals surface area contributed by atoms with Gasteiger partial charge in [0.25, 0.3) is 5.91 Å². The number of fused-ring (bicyclic) bond motifs is 1. The monoisotopic (exact) mass is 506 g/mol. The molecule has 0 aliphatic carbocycles. The summed E-state index contributed by atoms with van der Waals surface area (Å²) in [6.45, 7) is 8.06. The first-order valence-corrected chi connectivity index (χ1v) is 12.3. The minimum absolute atomic E-state index is 0.0369. The summed E-state index contributed by atoms with van der Waals surface area (Å²) in [6.07, 6.45) is 0. The number of ketones is 1. The number of aryl methyl sites for hydroxylation is 1. The standard InChI is InChI=1S/C27H23ClN2O4S/c1-14-5-12-19(34-14)23(31)21-22(15-6-8-16(9-7-15)27(2,3)4)30(25(33)24(21)32)26-29-18-11-10-17(28)13-20(18)35-26/h5-13,22,32H,1-4H3. The van der Waals surface area contributed by atoms with Crippen LogP contribution in [0.1, 0.15) is 54.3 Å². The Morgan fingerprint density at radius 1 is 1.11 bits per heavy atom. The third-order valence-electron chi connectivity index (χ3n) is 6.05. The molecule has 2 aromatic carbocycles. The highest BCUT2D eigenvalue weighted by Crippen LogP contribution is 2.44. The molecular weight excluding hydrogens is 484 g/mol. The number of hydrogen-bond acceptors (Lipinski definition) is 6. The van der Waals surface area contributed by atoms with Gasteiger partial charge in [-0.1, -0.05) is 68.0 Å². The third kappa shape index (κ3) is 4.05. The van der Waals surface area contributed by atoms with E-state index >= 15 is 0 Å². The highest BCUT2D eigenvalue weighted by atomic mass is 35.5. The van der Waals surface area contributed by atoms with Gasteiger partial charge in [0, 0.05) is 5.02 Å². The van der Waals surface area contributed by atoms with Crippen LogP contribution in [0.25, 0.3) is 10.2 Å². The number of carbonyl (C=O) groups is 2. The molecule has 4 aromatic rings. The van der Waals surface area contributed by atoms with Gasteiger partial charge in [-0.2, -0.15) is 0 Å². The van der Waals surface area contributed by atoms with Gasteiger partial charge >= 0.3 is 0 Å². The van der Waals surface area contributed by atoms with E-state index in [1.807, 2.05) is 24.3 Å². The maximum Gasteiger partial charge on any atom is 0.296 e. The average molecular weight is 507 g/mol. The normalized spacial score (nSPS) is 16.5. The Balaban J connectivity index is 1.67. The van der Waals surface area contributed by atoms with Crippen LogP contribution < -0.4 is 4.90 Å². The van der Waals surface area contributed by atoms with Gasteiger partial charge in [0.15, 0.2) is 16.7 Å². The summed E-state index contributed by atoms with van der Waals surface area (Å²) < 4.78 is 6.33. The SMILES string of the molecule is Cc1ccc(C(=O)C2=C(O)C(=O)N(c3nc4ccc(Cl)cc4s3)C2c2ccc(C(C)(C)C)cc2)o1.